The van der Waals surface area contributed by atoms with E-state index in [2.05, 4.69) is 0 Å². The van der Waals surface area contributed by atoms with Crippen molar-refractivity contribution in [3.05, 3.63) is 29.6 Å². The third kappa shape index (κ3) is 1.74. The van der Waals surface area contributed by atoms with Gasteiger partial charge < -0.3 is 9.84 Å². The molecule has 0 spiro atoms. The van der Waals surface area contributed by atoms with Gasteiger partial charge in [0.2, 0.25) is 0 Å². The molecule has 0 aliphatic rings. The van der Waals surface area contributed by atoms with E-state index in [1.807, 2.05) is 0 Å². The molecular weight excluding hydrogens is 159 g/mol. The zero-order valence-corrected chi connectivity index (χ0v) is 7.04. The number of methoxy groups -OCH3 is 1. The van der Waals surface area contributed by atoms with Gasteiger partial charge in [0, 0.05) is 11.6 Å². The lowest BCUT2D eigenvalue weighted by Gasteiger charge is -2.09. The van der Waals surface area contributed by atoms with Gasteiger partial charge in [-0.1, -0.05) is 0 Å². The van der Waals surface area contributed by atoms with E-state index in [-0.39, 0.29) is 5.82 Å². The summed E-state index contributed by atoms with van der Waals surface area (Å²) in [5, 5.41) is 9.22. The van der Waals surface area contributed by atoms with Crippen molar-refractivity contribution in [2.75, 3.05) is 7.11 Å². The van der Waals surface area contributed by atoms with Gasteiger partial charge in [0.25, 0.3) is 0 Å². The molecule has 0 saturated carbocycles. The van der Waals surface area contributed by atoms with Crippen LogP contribution in [0.15, 0.2) is 18.2 Å². The van der Waals surface area contributed by atoms with Gasteiger partial charge >= 0.3 is 0 Å². The summed E-state index contributed by atoms with van der Waals surface area (Å²) in [5.41, 5.74) is 0.596. The first-order valence-corrected chi connectivity index (χ1v) is 3.66. The SMILES string of the molecule is COc1cc(F)ccc1C(C)O. The van der Waals surface area contributed by atoms with Crippen LogP contribution in [0.3, 0.4) is 0 Å². The average molecular weight is 170 g/mol. The van der Waals surface area contributed by atoms with Gasteiger partial charge in [0.1, 0.15) is 11.6 Å². The molecule has 1 aromatic rings. The molecule has 0 aromatic heterocycles. The molecule has 0 aliphatic carbocycles. The zero-order chi connectivity index (χ0) is 9.14. The first-order chi connectivity index (χ1) is 5.65. The minimum atomic E-state index is -0.638. The lowest BCUT2D eigenvalue weighted by molar-refractivity contribution is 0.194. The number of hydrogen-bond donors (Lipinski definition) is 1. The first-order valence-electron chi connectivity index (χ1n) is 3.66. The Bertz CT molecular complexity index is 271. The van der Waals surface area contributed by atoms with Crippen LogP contribution < -0.4 is 4.74 Å². The molecule has 0 saturated heterocycles. The van der Waals surface area contributed by atoms with Crippen LogP contribution >= 0.6 is 0 Å². The topological polar surface area (TPSA) is 29.5 Å². The van der Waals surface area contributed by atoms with Gasteiger partial charge in [-0.15, -0.1) is 0 Å². The Labute approximate surface area is 70.6 Å². The summed E-state index contributed by atoms with van der Waals surface area (Å²) < 4.78 is 17.5. The molecule has 0 heterocycles. The van der Waals surface area contributed by atoms with Crippen molar-refractivity contribution in [2.45, 2.75) is 13.0 Å². The van der Waals surface area contributed by atoms with Crippen LogP contribution in [-0.2, 0) is 0 Å². The summed E-state index contributed by atoms with van der Waals surface area (Å²) in [6.45, 7) is 1.61. The van der Waals surface area contributed by atoms with Crippen molar-refractivity contribution >= 4 is 0 Å². The largest absolute Gasteiger partial charge is 0.496 e. The van der Waals surface area contributed by atoms with Gasteiger partial charge in [-0.25, -0.2) is 4.39 Å². The highest BCUT2D eigenvalue weighted by molar-refractivity contribution is 5.35. The highest BCUT2D eigenvalue weighted by atomic mass is 19.1. The quantitative estimate of drug-likeness (QED) is 0.734. The summed E-state index contributed by atoms with van der Waals surface area (Å²) >= 11 is 0. The predicted octanol–water partition coefficient (Wildman–Crippen LogP) is 1.89. The minimum Gasteiger partial charge on any atom is -0.496 e. The van der Waals surface area contributed by atoms with Crippen molar-refractivity contribution in [3.63, 3.8) is 0 Å². The standard InChI is InChI=1S/C9H11FO2/c1-6(11)8-4-3-7(10)5-9(8)12-2/h3-6,11H,1-2H3. The molecule has 1 rings (SSSR count). The zero-order valence-electron chi connectivity index (χ0n) is 7.04. The summed E-state index contributed by atoms with van der Waals surface area (Å²) in [6.07, 6.45) is -0.638. The third-order valence-electron chi connectivity index (χ3n) is 1.65. The number of ether oxygens (including phenoxy) is 1. The van der Waals surface area contributed by atoms with E-state index < -0.39 is 6.10 Å². The number of halogens is 1. The lowest BCUT2D eigenvalue weighted by Crippen LogP contribution is -1.96. The Kier molecular flexibility index (Phi) is 2.65. The molecule has 2 nitrogen and oxygen atoms in total. The molecule has 0 radical (unpaired) electrons. The Morgan fingerprint density at radius 1 is 1.50 bits per heavy atom. The van der Waals surface area contributed by atoms with E-state index in [0.29, 0.717) is 11.3 Å². The number of aliphatic hydroxyl groups excluding tert-OH is 1. The molecule has 1 aromatic carbocycles. The molecule has 0 bridgehead atoms. The van der Waals surface area contributed by atoms with Crippen LogP contribution in [-0.4, -0.2) is 12.2 Å². The number of hydrogen-bond acceptors (Lipinski definition) is 2. The van der Waals surface area contributed by atoms with Gasteiger partial charge in [-0.05, 0) is 19.1 Å². The van der Waals surface area contributed by atoms with Crippen molar-refractivity contribution in [1.82, 2.24) is 0 Å². The minimum absolute atomic E-state index is 0.365. The second-order valence-corrected chi connectivity index (χ2v) is 2.56. The molecule has 12 heavy (non-hydrogen) atoms. The number of aliphatic hydroxyl groups is 1. The fraction of sp³-hybridized carbons (Fsp3) is 0.333. The Morgan fingerprint density at radius 3 is 2.67 bits per heavy atom. The van der Waals surface area contributed by atoms with Crippen LogP contribution in [0.1, 0.15) is 18.6 Å². The smallest absolute Gasteiger partial charge is 0.127 e. The maximum absolute atomic E-state index is 12.6. The summed E-state index contributed by atoms with van der Waals surface area (Å²) in [6, 6.07) is 4.06. The van der Waals surface area contributed by atoms with Gasteiger partial charge in [-0.3, -0.25) is 0 Å². The highest BCUT2D eigenvalue weighted by Gasteiger charge is 2.08. The molecule has 1 atom stereocenters. The molecular formula is C9H11FO2. The van der Waals surface area contributed by atoms with Crippen LogP contribution in [0.25, 0.3) is 0 Å². The monoisotopic (exact) mass is 170 g/mol. The molecule has 1 N–H and O–H groups in total. The van der Waals surface area contributed by atoms with E-state index in [4.69, 9.17) is 4.74 Å². The van der Waals surface area contributed by atoms with Crippen LogP contribution in [0.2, 0.25) is 0 Å². The fourth-order valence-electron chi connectivity index (χ4n) is 1.03. The Balaban J connectivity index is 3.11. The summed E-state index contributed by atoms with van der Waals surface area (Å²) in [4.78, 5) is 0. The third-order valence-corrected chi connectivity index (χ3v) is 1.65. The number of rotatable bonds is 2. The fourth-order valence-corrected chi connectivity index (χ4v) is 1.03. The normalized spacial score (nSPS) is 12.7. The average Bonchev–Trinajstić information content (AvgIpc) is 2.03. The summed E-state index contributed by atoms with van der Waals surface area (Å²) in [7, 11) is 1.45. The first kappa shape index (κ1) is 9.00. The van der Waals surface area contributed by atoms with E-state index in [0.717, 1.165) is 0 Å². The molecule has 0 aliphatic heterocycles. The second kappa shape index (κ2) is 3.54. The van der Waals surface area contributed by atoms with Crippen molar-refractivity contribution in [3.8, 4) is 5.75 Å². The molecule has 66 valence electrons. The van der Waals surface area contributed by atoms with Crippen molar-refractivity contribution < 1.29 is 14.2 Å². The Hall–Kier alpha value is -1.09. The molecule has 0 amide bonds. The molecule has 0 fully saturated rings. The van der Waals surface area contributed by atoms with Crippen LogP contribution in [0.5, 0.6) is 5.75 Å². The number of benzene rings is 1. The second-order valence-electron chi connectivity index (χ2n) is 2.56. The van der Waals surface area contributed by atoms with Crippen molar-refractivity contribution in [1.29, 1.82) is 0 Å². The lowest BCUT2D eigenvalue weighted by atomic mass is 10.1. The van der Waals surface area contributed by atoms with Gasteiger partial charge in [-0.2, -0.15) is 0 Å². The maximum Gasteiger partial charge on any atom is 0.127 e. The summed E-state index contributed by atoms with van der Waals surface area (Å²) in [5.74, 6) is 0.0150. The maximum atomic E-state index is 12.6. The highest BCUT2D eigenvalue weighted by Crippen LogP contribution is 2.25. The van der Waals surface area contributed by atoms with Crippen LogP contribution in [0.4, 0.5) is 4.39 Å². The molecule has 3 heteroatoms. The van der Waals surface area contributed by atoms with E-state index in [1.54, 1.807) is 6.92 Å². The van der Waals surface area contributed by atoms with Crippen LogP contribution in [0, 0.1) is 5.82 Å². The van der Waals surface area contributed by atoms with E-state index in [9.17, 15) is 9.50 Å². The molecule has 1 unspecified atom stereocenters. The van der Waals surface area contributed by atoms with E-state index >= 15 is 0 Å². The predicted molar refractivity (Wildman–Crippen MR) is 43.6 cm³/mol. The van der Waals surface area contributed by atoms with Crippen molar-refractivity contribution in [2.24, 2.45) is 0 Å². The Morgan fingerprint density at radius 2 is 2.17 bits per heavy atom. The van der Waals surface area contributed by atoms with Gasteiger partial charge in [0.15, 0.2) is 0 Å². The van der Waals surface area contributed by atoms with E-state index in [1.165, 1.54) is 25.3 Å². The van der Waals surface area contributed by atoms with Gasteiger partial charge in [0.05, 0.1) is 13.2 Å².